The Kier molecular flexibility index (Phi) is 10.5. The van der Waals surface area contributed by atoms with E-state index in [0.717, 1.165) is 16.1 Å². The van der Waals surface area contributed by atoms with Gasteiger partial charge in [-0.25, -0.2) is 12.8 Å². The molecule has 9 heteroatoms. The topological polar surface area (TPSA) is 86.8 Å². The van der Waals surface area contributed by atoms with Crippen LogP contribution in [0, 0.1) is 5.82 Å². The Morgan fingerprint density at radius 3 is 2.21 bits per heavy atom. The van der Waals surface area contributed by atoms with E-state index in [1.165, 1.54) is 24.3 Å². The van der Waals surface area contributed by atoms with Crippen molar-refractivity contribution >= 4 is 27.5 Å². The van der Waals surface area contributed by atoms with Crippen LogP contribution in [0.4, 0.5) is 10.1 Å². The number of rotatable bonds is 13. The summed E-state index contributed by atoms with van der Waals surface area (Å²) in [5.41, 5.74) is 1.40. The first-order valence-corrected chi connectivity index (χ1v) is 13.4. The highest BCUT2D eigenvalue weighted by Gasteiger charge is 2.28. The second-order valence-electron chi connectivity index (χ2n) is 8.06. The molecule has 2 amide bonds. The first-order valence-electron chi connectivity index (χ1n) is 11.5. The molecule has 0 aliphatic carbocycles. The van der Waals surface area contributed by atoms with Gasteiger partial charge in [-0.15, -0.1) is 0 Å². The van der Waals surface area contributed by atoms with Crippen molar-refractivity contribution in [3.63, 3.8) is 0 Å². The lowest BCUT2D eigenvalue weighted by Crippen LogP contribution is -2.50. The van der Waals surface area contributed by atoms with E-state index in [2.05, 4.69) is 5.32 Å². The average molecular weight is 492 g/mol. The van der Waals surface area contributed by atoms with Gasteiger partial charge in [0.15, 0.2) is 0 Å². The van der Waals surface area contributed by atoms with Crippen LogP contribution in [-0.4, -0.2) is 57.1 Å². The minimum Gasteiger partial charge on any atom is -0.355 e. The van der Waals surface area contributed by atoms with Crippen LogP contribution in [0.5, 0.6) is 0 Å². The minimum absolute atomic E-state index is 0.0701. The number of nitrogens with zero attached hydrogens (tertiary/aromatic N) is 2. The lowest BCUT2D eigenvalue weighted by Gasteiger charge is -2.31. The molecular formula is C25H34FN3O4S. The fraction of sp³-hybridized carbons (Fsp3) is 0.440. The Morgan fingerprint density at radius 2 is 1.65 bits per heavy atom. The van der Waals surface area contributed by atoms with Gasteiger partial charge in [0.25, 0.3) is 0 Å². The van der Waals surface area contributed by atoms with Crippen LogP contribution in [-0.2, 0) is 26.0 Å². The number of likely N-dealkylation sites (N-methyl/N-ethyl adjacent to an activating group) is 1. The van der Waals surface area contributed by atoms with Gasteiger partial charge in [-0.05, 0) is 56.0 Å². The lowest BCUT2D eigenvalue weighted by molar-refractivity contribution is -0.140. The molecule has 0 aliphatic rings. The summed E-state index contributed by atoms with van der Waals surface area (Å²) in [5.74, 6) is -0.866. The zero-order chi connectivity index (χ0) is 25.1. The van der Waals surface area contributed by atoms with Crippen molar-refractivity contribution in [2.45, 2.75) is 45.6 Å². The van der Waals surface area contributed by atoms with E-state index >= 15 is 0 Å². The Labute approximate surface area is 202 Å². The summed E-state index contributed by atoms with van der Waals surface area (Å²) < 4.78 is 39.0. The molecule has 0 spiro atoms. The third kappa shape index (κ3) is 8.13. The Hall–Kier alpha value is -2.94. The van der Waals surface area contributed by atoms with Crippen molar-refractivity contribution in [3.8, 4) is 0 Å². The Bertz CT molecular complexity index is 1030. The van der Waals surface area contributed by atoms with Gasteiger partial charge in [-0.3, -0.25) is 13.9 Å². The number of carbonyl (C=O) groups is 2. The third-order valence-corrected chi connectivity index (χ3v) is 6.68. The fourth-order valence-electron chi connectivity index (χ4n) is 3.80. The van der Waals surface area contributed by atoms with Gasteiger partial charge in [0.1, 0.15) is 11.9 Å². The van der Waals surface area contributed by atoms with Crippen molar-refractivity contribution in [3.05, 3.63) is 66.0 Å². The molecule has 0 saturated heterocycles. The molecule has 0 aromatic heterocycles. The van der Waals surface area contributed by atoms with Crippen LogP contribution in [0.1, 0.15) is 38.7 Å². The van der Waals surface area contributed by atoms with Crippen molar-refractivity contribution in [1.29, 1.82) is 0 Å². The molecule has 0 bridgehead atoms. The van der Waals surface area contributed by atoms with E-state index < -0.39 is 21.9 Å². The Balaban J connectivity index is 2.12. The Morgan fingerprint density at radius 1 is 1.00 bits per heavy atom. The van der Waals surface area contributed by atoms with Crippen LogP contribution in [0.3, 0.4) is 0 Å². The molecule has 0 aliphatic heterocycles. The van der Waals surface area contributed by atoms with Gasteiger partial charge < -0.3 is 10.2 Å². The molecule has 2 aromatic rings. The van der Waals surface area contributed by atoms with Crippen LogP contribution < -0.4 is 9.62 Å². The first kappa shape index (κ1) is 27.3. The van der Waals surface area contributed by atoms with Gasteiger partial charge in [-0.1, -0.05) is 37.3 Å². The van der Waals surface area contributed by atoms with E-state index in [4.69, 9.17) is 0 Å². The van der Waals surface area contributed by atoms with Gasteiger partial charge in [0.05, 0.1) is 11.9 Å². The number of carbonyl (C=O) groups excluding carboxylic acids is 2. The third-order valence-electron chi connectivity index (χ3n) is 5.49. The molecule has 0 fully saturated rings. The lowest BCUT2D eigenvalue weighted by atomic mass is 10.1. The summed E-state index contributed by atoms with van der Waals surface area (Å²) in [4.78, 5) is 27.4. The molecule has 0 heterocycles. The zero-order valence-corrected chi connectivity index (χ0v) is 20.9. The predicted octanol–water partition coefficient (Wildman–Crippen LogP) is 3.36. The van der Waals surface area contributed by atoms with E-state index in [0.29, 0.717) is 31.6 Å². The van der Waals surface area contributed by atoms with Crippen LogP contribution in [0.2, 0.25) is 0 Å². The molecule has 2 rings (SSSR count). The van der Waals surface area contributed by atoms with Crippen LogP contribution >= 0.6 is 0 Å². The van der Waals surface area contributed by atoms with Gasteiger partial charge >= 0.3 is 0 Å². The highest BCUT2D eigenvalue weighted by atomic mass is 32.2. The highest BCUT2D eigenvalue weighted by molar-refractivity contribution is 7.92. The van der Waals surface area contributed by atoms with Crippen molar-refractivity contribution < 1.29 is 22.4 Å². The predicted molar refractivity (Wildman–Crippen MR) is 132 cm³/mol. The average Bonchev–Trinajstić information content (AvgIpc) is 2.80. The summed E-state index contributed by atoms with van der Waals surface area (Å²) in [6.07, 6.45) is 2.49. The van der Waals surface area contributed by atoms with Gasteiger partial charge in [-0.2, -0.15) is 0 Å². The molecule has 7 nitrogen and oxygen atoms in total. The largest absolute Gasteiger partial charge is 0.355 e. The van der Waals surface area contributed by atoms with Crippen molar-refractivity contribution in [2.24, 2.45) is 0 Å². The SMILES string of the molecule is CCNC(=O)[C@@H](CC)N(CCc1ccccc1)C(=O)CCCN(c1ccc(F)cc1)S(C)(=O)=O. The quantitative estimate of drug-likeness (QED) is 0.466. The smallest absolute Gasteiger partial charge is 0.242 e. The minimum atomic E-state index is -3.62. The summed E-state index contributed by atoms with van der Waals surface area (Å²) in [5, 5.41) is 2.80. The molecule has 34 heavy (non-hydrogen) atoms. The van der Waals surface area contributed by atoms with E-state index in [9.17, 15) is 22.4 Å². The molecule has 0 saturated carbocycles. The molecule has 0 unspecified atom stereocenters. The van der Waals surface area contributed by atoms with Crippen LogP contribution in [0.25, 0.3) is 0 Å². The number of nitrogens with one attached hydrogen (secondary N) is 1. The summed E-state index contributed by atoms with van der Waals surface area (Å²) in [6.45, 7) is 4.61. The number of anilines is 1. The van der Waals surface area contributed by atoms with Gasteiger partial charge in [0.2, 0.25) is 21.8 Å². The first-order chi connectivity index (χ1) is 16.2. The second-order valence-corrected chi connectivity index (χ2v) is 9.96. The monoisotopic (exact) mass is 491 g/mol. The summed E-state index contributed by atoms with van der Waals surface area (Å²) in [6, 6.07) is 14.3. The maximum Gasteiger partial charge on any atom is 0.242 e. The number of amides is 2. The second kappa shape index (κ2) is 13.1. The van der Waals surface area contributed by atoms with Gasteiger partial charge in [0, 0.05) is 26.1 Å². The number of hydrogen-bond acceptors (Lipinski definition) is 4. The maximum atomic E-state index is 13.3. The zero-order valence-electron chi connectivity index (χ0n) is 20.0. The number of halogens is 1. The van der Waals surface area contributed by atoms with E-state index in [1.54, 1.807) is 4.90 Å². The highest BCUT2D eigenvalue weighted by Crippen LogP contribution is 2.19. The van der Waals surface area contributed by atoms with Crippen molar-refractivity contribution in [1.82, 2.24) is 10.2 Å². The van der Waals surface area contributed by atoms with Crippen molar-refractivity contribution in [2.75, 3.05) is 30.2 Å². The fourth-order valence-corrected chi connectivity index (χ4v) is 4.76. The maximum absolute atomic E-state index is 13.3. The molecule has 2 aromatic carbocycles. The number of benzene rings is 2. The molecule has 1 atom stereocenters. The summed E-state index contributed by atoms with van der Waals surface area (Å²) >= 11 is 0. The number of hydrogen-bond donors (Lipinski definition) is 1. The van der Waals surface area contributed by atoms with Crippen LogP contribution in [0.15, 0.2) is 54.6 Å². The van der Waals surface area contributed by atoms with E-state index in [1.807, 2.05) is 44.2 Å². The normalized spacial score (nSPS) is 12.1. The molecule has 186 valence electrons. The summed E-state index contributed by atoms with van der Waals surface area (Å²) in [7, 11) is -3.62. The standard InChI is InChI=1S/C25H34FN3O4S/c1-4-23(25(31)27-5-2)28(19-17-20-10-7-6-8-11-20)24(30)12-9-18-29(34(3,32)33)22-15-13-21(26)14-16-22/h6-8,10-11,13-16,23H,4-5,9,12,17-19H2,1-3H3,(H,27,31)/t23-/m1/s1. The van der Waals surface area contributed by atoms with E-state index in [-0.39, 0.29) is 31.2 Å². The number of sulfonamides is 1. The molecule has 0 radical (unpaired) electrons. The molecular weight excluding hydrogens is 457 g/mol. The molecule has 1 N–H and O–H groups in total.